The molecule has 2 amide bonds. The van der Waals surface area contributed by atoms with Crippen LogP contribution in [0.3, 0.4) is 0 Å². The van der Waals surface area contributed by atoms with Gasteiger partial charge in [0.25, 0.3) is 5.91 Å². The number of carbonyl (C=O) groups excluding carboxylic acids is 2. The maximum atomic E-state index is 13.2. The van der Waals surface area contributed by atoms with Crippen LogP contribution in [0.1, 0.15) is 35.4 Å². The van der Waals surface area contributed by atoms with E-state index in [2.05, 4.69) is 4.57 Å². The van der Waals surface area contributed by atoms with Crippen molar-refractivity contribution in [1.29, 1.82) is 0 Å². The van der Waals surface area contributed by atoms with Crippen molar-refractivity contribution in [2.45, 2.75) is 32.4 Å². The molecule has 2 aliphatic rings. The molecule has 0 aliphatic carbocycles. The summed E-state index contributed by atoms with van der Waals surface area (Å²) in [7, 11) is 1.38. The number of methoxy groups -OCH3 is 1. The zero-order valence-corrected chi connectivity index (χ0v) is 15.6. The standard InChI is InChI=1S/C20H24N4O3/c1-27-20(26)23-12-13-24-16(14-23)17(19(25)22-10-6-3-7-11-22)21-18(24)15-8-4-2-5-9-15/h2,4-5,8-9H,3,6-7,10-14H2,1H3. The number of nitrogens with zero attached hydrogens (tertiary/aromatic N) is 4. The van der Waals surface area contributed by atoms with E-state index in [9.17, 15) is 9.59 Å². The second-order valence-electron chi connectivity index (χ2n) is 6.99. The molecule has 0 bridgehead atoms. The van der Waals surface area contributed by atoms with Crippen LogP contribution in [0.4, 0.5) is 4.79 Å². The van der Waals surface area contributed by atoms with Crippen molar-refractivity contribution >= 4 is 12.0 Å². The Hall–Kier alpha value is -2.83. The molecule has 2 aromatic rings. The molecule has 1 aromatic carbocycles. The molecule has 27 heavy (non-hydrogen) atoms. The highest BCUT2D eigenvalue weighted by Gasteiger charge is 2.32. The number of hydrogen-bond acceptors (Lipinski definition) is 4. The number of rotatable bonds is 2. The fraction of sp³-hybridized carbons (Fsp3) is 0.450. The largest absolute Gasteiger partial charge is 0.453 e. The number of likely N-dealkylation sites (tertiary alicyclic amines) is 1. The summed E-state index contributed by atoms with van der Waals surface area (Å²) < 4.78 is 6.95. The molecule has 0 atom stereocenters. The van der Waals surface area contributed by atoms with E-state index in [0.29, 0.717) is 25.3 Å². The molecule has 0 radical (unpaired) electrons. The summed E-state index contributed by atoms with van der Waals surface area (Å²) in [6.45, 7) is 3.00. The third-order valence-corrected chi connectivity index (χ3v) is 5.32. The monoisotopic (exact) mass is 368 g/mol. The lowest BCUT2D eigenvalue weighted by Crippen LogP contribution is -2.40. The lowest BCUT2D eigenvalue weighted by molar-refractivity contribution is 0.0712. The van der Waals surface area contributed by atoms with Gasteiger partial charge in [-0.1, -0.05) is 30.3 Å². The van der Waals surface area contributed by atoms with Crippen LogP contribution in [0.5, 0.6) is 0 Å². The van der Waals surface area contributed by atoms with Crippen LogP contribution >= 0.6 is 0 Å². The summed E-state index contributed by atoms with van der Waals surface area (Å²) in [5, 5.41) is 0. The number of fused-ring (bicyclic) bond motifs is 1. The molecule has 0 N–H and O–H groups in total. The first-order valence-corrected chi connectivity index (χ1v) is 9.46. The van der Waals surface area contributed by atoms with Gasteiger partial charge in [-0.05, 0) is 19.3 Å². The molecule has 1 fully saturated rings. The zero-order valence-electron chi connectivity index (χ0n) is 15.6. The van der Waals surface area contributed by atoms with E-state index >= 15 is 0 Å². The van der Waals surface area contributed by atoms with Gasteiger partial charge in [0.05, 0.1) is 19.3 Å². The highest BCUT2D eigenvalue weighted by molar-refractivity contribution is 5.94. The smallest absolute Gasteiger partial charge is 0.409 e. The summed E-state index contributed by atoms with van der Waals surface area (Å²) in [6.07, 6.45) is 2.85. The van der Waals surface area contributed by atoms with E-state index in [1.54, 1.807) is 4.90 Å². The number of amides is 2. The molecule has 0 spiro atoms. The second-order valence-corrected chi connectivity index (χ2v) is 6.99. The molecule has 142 valence electrons. The number of aromatic nitrogens is 2. The number of ether oxygens (including phenoxy) is 1. The Bertz CT molecular complexity index is 840. The molecule has 1 saturated heterocycles. The number of imidazole rings is 1. The van der Waals surface area contributed by atoms with Gasteiger partial charge in [0.1, 0.15) is 5.82 Å². The first-order chi connectivity index (χ1) is 13.2. The lowest BCUT2D eigenvalue weighted by atomic mass is 10.1. The number of hydrogen-bond donors (Lipinski definition) is 0. The first kappa shape index (κ1) is 17.6. The average molecular weight is 368 g/mol. The fourth-order valence-electron chi connectivity index (χ4n) is 3.88. The van der Waals surface area contributed by atoms with Crippen LogP contribution < -0.4 is 0 Å². The lowest BCUT2D eigenvalue weighted by Gasteiger charge is -2.29. The minimum absolute atomic E-state index is 0.0349. The van der Waals surface area contributed by atoms with Gasteiger partial charge in [-0.25, -0.2) is 9.78 Å². The predicted molar refractivity (Wildman–Crippen MR) is 100 cm³/mol. The van der Waals surface area contributed by atoms with Crippen LogP contribution in [0.25, 0.3) is 11.4 Å². The molecule has 1 aromatic heterocycles. The van der Waals surface area contributed by atoms with Gasteiger partial charge in [0.2, 0.25) is 0 Å². The molecule has 0 saturated carbocycles. The normalized spacial score (nSPS) is 16.8. The van der Waals surface area contributed by atoms with E-state index in [1.807, 2.05) is 35.2 Å². The van der Waals surface area contributed by atoms with E-state index in [4.69, 9.17) is 9.72 Å². The SMILES string of the molecule is COC(=O)N1CCn2c(-c3ccccc3)nc(C(=O)N3CCCCC3)c2C1. The van der Waals surface area contributed by atoms with Gasteiger partial charge in [-0.15, -0.1) is 0 Å². The van der Waals surface area contributed by atoms with Gasteiger partial charge in [-0.3, -0.25) is 4.79 Å². The molecular weight excluding hydrogens is 344 g/mol. The summed E-state index contributed by atoms with van der Waals surface area (Å²) in [6, 6.07) is 9.89. The third kappa shape index (κ3) is 3.29. The average Bonchev–Trinajstić information content (AvgIpc) is 3.12. The Balaban J connectivity index is 1.75. The van der Waals surface area contributed by atoms with Gasteiger partial charge in [-0.2, -0.15) is 0 Å². The van der Waals surface area contributed by atoms with Crippen molar-refractivity contribution in [3.8, 4) is 11.4 Å². The zero-order chi connectivity index (χ0) is 18.8. The quantitative estimate of drug-likeness (QED) is 0.817. The minimum atomic E-state index is -0.375. The Morgan fingerprint density at radius 3 is 2.41 bits per heavy atom. The first-order valence-electron chi connectivity index (χ1n) is 9.46. The van der Waals surface area contributed by atoms with E-state index in [0.717, 1.165) is 49.4 Å². The predicted octanol–water partition coefficient (Wildman–Crippen LogP) is 2.76. The number of carbonyl (C=O) groups is 2. The highest BCUT2D eigenvalue weighted by atomic mass is 16.5. The maximum Gasteiger partial charge on any atom is 0.409 e. The van der Waals surface area contributed by atoms with Crippen molar-refractivity contribution in [1.82, 2.24) is 19.4 Å². The van der Waals surface area contributed by atoms with Crippen LogP contribution in [-0.4, -0.2) is 58.1 Å². The minimum Gasteiger partial charge on any atom is -0.453 e. The van der Waals surface area contributed by atoms with E-state index in [1.165, 1.54) is 7.11 Å². The van der Waals surface area contributed by atoms with Crippen LogP contribution in [0.2, 0.25) is 0 Å². The topological polar surface area (TPSA) is 67.7 Å². The third-order valence-electron chi connectivity index (χ3n) is 5.32. The molecule has 3 heterocycles. The molecule has 4 rings (SSSR count). The summed E-state index contributed by atoms with van der Waals surface area (Å²) in [5.41, 5.74) is 2.23. The number of piperidine rings is 1. The maximum absolute atomic E-state index is 13.2. The van der Waals surface area contributed by atoms with Crippen LogP contribution in [0.15, 0.2) is 30.3 Å². The van der Waals surface area contributed by atoms with Crippen molar-refractivity contribution in [3.05, 3.63) is 41.7 Å². The Morgan fingerprint density at radius 1 is 0.963 bits per heavy atom. The van der Waals surface area contributed by atoms with Crippen molar-refractivity contribution < 1.29 is 14.3 Å². The molecule has 0 unspecified atom stereocenters. The fourth-order valence-corrected chi connectivity index (χ4v) is 3.88. The van der Waals surface area contributed by atoms with Gasteiger partial charge < -0.3 is 19.1 Å². The highest BCUT2D eigenvalue weighted by Crippen LogP contribution is 2.28. The molecular formula is C20H24N4O3. The van der Waals surface area contributed by atoms with Crippen molar-refractivity contribution in [3.63, 3.8) is 0 Å². The number of benzene rings is 1. The van der Waals surface area contributed by atoms with Crippen LogP contribution in [0, 0.1) is 0 Å². The molecule has 2 aliphatic heterocycles. The van der Waals surface area contributed by atoms with Crippen LogP contribution in [-0.2, 0) is 17.8 Å². The Morgan fingerprint density at radius 2 is 1.70 bits per heavy atom. The Labute approximate surface area is 158 Å². The van der Waals surface area contributed by atoms with E-state index < -0.39 is 0 Å². The summed E-state index contributed by atoms with van der Waals surface area (Å²) in [4.78, 5) is 33.5. The van der Waals surface area contributed by atoms with Gasteiger partial charge in [0.15, 0.2) is 5.69 Å². The second kappa shape index (κ2) is 7.42. The van der Waals surface area contributed by atoms with Crippen molar-refractivity contribution in [2.75, 3.05) is 26.7 Å². The summed E-state index contributed by atoms with van der Waals surface area (Å²) in [5.74, 6) is 0.753. The molecule has 7 nitrogen and oxygen atoms in total. The van der Waals surface area contributed by atoms with Gasteiger partial charge in [0, 0.05) is 31.7 Å². The molecule has 7 heteroatoms. The van der Waals surface area contributed by atoms with Gasteiger partial charge >= 0.3 is 6.09 Å². The Kier molecular flexibility index (Phi) is 4.83. The summed E-state index contributed by atoms with van der Waals surface area (Å²) >= 11 is 0. The van der Waals surface area contributed by atoms with Crippen molar-refractivity contribution in [2.24, 2.45) is 0 Å². The van der Waals surface area contributed by atoms with E-state index in [-0.39, 0.29) is 12.0 Å².